The van der Waals surface area contributed by atoms with E-state index in [1.807, 2.05) is 13.8 Å². The number of alkyl halides is 3. The van der Waals surface area contributed by atoms with Crippen LogP contribution < -0.4 is 16.4 Å². The third-order valence-electron chi connectivity index (χ3n) is 6.43. The number of rotatable bonds is 11. The van der Waals surface area contributed by atoms with Crippen molar-refractivity contribution < 1.29 is 37.4 Å². The number of primary amides is 1. The van der Waals surface area contributed by atoms with Crippen LogP contribution in [0.15, 0.2) is 36.0 Å². The summed E-state index contributed by atoms with van der Waals surface area (Å²) in [7, 11) is 0. The van der Waals surface area contributed by atoms with E-state index in [0.717, 1.165) is 12.1 Å². The topological polar surface area (TPSA) is 161 Å². The van der Waals surface area contributed by atoms with E-state index in [1.165, 1.54) is 29.9 Å². The lowest BCUT2D eigenvalue weighted by Crippen LogP contribution is -2.52. The highest BCUT2D eigenvalue weighted by molar-refractivity contribution is 5.95. The van der Waals surface area contributed by atoms with Gasteiger partial charge in [0.1, 0.15) is 5.69 Å². The van der Waals surface area contributed by atoms with Crippen molar-refractivity contribution in [2.24, 2.45) is 5.73 Å². The molecule has 1 aromatic carbocycles. The summed E-state index contributed by atoms with van der Waals surface area (Å²) in [4.78, 5) is 35.3. The molecule has 0 saturated heterocycles. The number of carbonyl (C=O) groups is 3. The molecular weight excluding hydrogens is 521 g/mol. The minimum Gasteiger partial charge on any atom is -0.478 e. The highest BCUT2D eigenvalue weighted by Crippen LogP contribution is 2.34. The molecule has 39 heavy (non-hydrogen) atoms. The lowest BCUT2D eigenvalue weighted by Gasteiger charge is -2.37. The Hall–Kier alpha value is -3.94. The van der Waals surface area contributed by atoms with E-state index in [9.17, 15) is 32.7 Å². The van der Waals surface area contributed by atoms with Gasteiger partial charge in [-0.3, -0.25) is 9.59 Å². The summed E-state index contributed by atoms with van der Waals surface area (Å²) in [6, 6.07) is 1.76. The van der Waals surface area contributed by atoms with Gasteiger partial charge in [-0.2, -0.15) is 13.2 Å². The van der Waals surface area contributed by atoms with Crippen molar-refractivity contribution in [1.82, 2.24) is 20.3 Å². The number of amides is 2. The number of aliphatic carboxylic acids is 1. The first-order chi connectivity index (χ1) is 18.3. The SMILES string of the molecule is CCC(CC)O[C@@H]1C=C(C(=O)O)C[C@H](n2cc(CNc3ccc(C(N)=O)c(C(F)(F)F)c3)nn2)[C@H]1NC(C)=O. The Kier molecular flexibility index (Phi) is 9.32. The summed E-state index contributed by atoms with van der Waals surface area (Å²) < 4.78 is 47.7. The number of anilines is 1. The highest BCUT2D eigenvalue weighted by Gasteiger charge is 2.39. The maximum absolute atomic E-state index is 13.4. The van der Waals surface area contributed by atoms with Crippen LogP contribution in [0.1, 0.15) is 67.7 Å². The lowest BCUT2D eigenvalue weighted by atomic mass is 9.87. The predicted molar refractivity (Wildman–Crippen MR) is 134 cm³/mol. The van der Waals surface area contributed by atoms with Gasteiger partial charge in [0, 0.05) is 24.6 Å². The molecule has 2 amide bonds. The molecule has 0 aliphatic heterocycles. The second kappa shape index (κ2) is 12.3. The summed E-state index contributed by atoms with van der Waals surface area (Å²) in [6.07, 6.45) is -1.24. The number of halogens is 3. The van der Waals surface area contributed by atoms with E-state index in [4.69, 9.17) is 10.5 Å². The first-order valence-electron chi connectivity index (χ1n) is 12.4. The van der Waals surface area contributed by atoms with Gasteiger partial charge in [0.25, 0.3) is 0 Å². The average molecular weight is 553 g/mol. The Bertz CT molecular complexity index is 1240. The summed E-state index contributed by atoms with van der Waals surface area (Å²) in [6.45, 7) is 5.20. The number of carboxylic acid groups (broad SMARTS) is 1. The molecule has 5 N–H and O–H groups in total. The van der Waals surface area contributed by atoms with Crippen molar-refractivity contribution in [3.05, 3.63) is 52.9 Å². The molecule has 3 atom stereocenters. The molecule has 2 aromatic rings. The summed E-state index contributed by atoms with van der Waals surface area (Å²) in [5.41, 5.74) is 3.77. The van der Waals surface area contributed by atoms with E-state index < -0.39 is 47.4 Å². The monoisotopic (exact) mass is 552 g/mol. The summed E-state index contributed by atoms with van der Waals surface area (Å²) >= 11 is 0. The summed E-state index contributed by atoms with van der Waals surface area (Å²) in [5.74, 6) is -2.65. The molecular formula is C25H31F3N6O5. The lowest BCUT2D eigenvalue weighted by molar-refractivity contribution is -0.138. The van der Waals surface area contributed by atoms with Gasteiger partial charge in [-0.25, -0.2) is 9.48 Å². The molecule has 0 spiro atoms. The van der Waals surface area contributed by atoms with Crippen molar-refractivity contribution in [2.75, 3.05) is 5.32 Å². The van der Waals surface area contributed by atoms with Crippen LogP contribution in [0, 0.1) is 0 Å². The Morgan fingerprint density at radius 3 is 2.51 bits per heavy atom. The van der Waals surface area contributed by atoms with E-state index >= 15 is 0 Å². The van der Waals surface area contributed by atoms with E-state index in [-0.39, 0.29) is 36.2 Å². The zero-order chi connectivity index (χ0) is 28.9. The molecule has 3 rings (SSSR count). The fraction of sp³-hybridized carbons (Fsp3) is 0.480. The molecule has 0 saturated carbocycles. The standard InChI is InChI=1S/C25H31F3N6O5/c1-4-17(5-2)39-21-9-14(24(37)38)8-20(22(21)31-13(3)35)34-12-16(32-33-34)11-30-15-6-7-18(23(29)36)19(10-15)25(26,27)28/h6-7,9-10,12,17,20-22,30H,4-5,8,11H2,1-3H3,(H2,29,36)(H,31,35)(H,37,38)/t20-,21+,22+/m0/s1. The van der Waals surface area contributed by atoms with Gasteiger partial charge in [0.2, 0.25) is 11.8 Å². The van der Waals surface area contributed by atoms with Crippen LogP contribution in [-0.2, 0) is 27.0 Å². The van der Waals surface area contributed by atoms with Crippen molar-refractivity contribution in [1.29, 1.82) is 0 Å². The minimum absolute atomic E-state index is 0.0277. The molecule has 1 heterocycles. The van der Waals surface area contributed by atoms with Gasteiger partial charge in [0.15, 0.2) is 0 Å². The first kappa shape index (κ1) is 29.6. The van der Waals surface area contributed by atoms with Crippen LogP contribution in [0.5, 0.6) is 0 Å². The molecule has 1 aliphatic carbocycles. The van der Waals surface area contributed by atoms with Crippen LogP contribution >= 0.6 is 0 Å². The molecule has 212 valence electrons. The normalized spacial score (nSPS) is 19.5. The predicted octanol–water partition coefficient (Wildman–Crippen LogP) is 3.04. The quantitative estimate of drug-likeness (QED) is 0.331. The molecule has 11 nitrogen and oxygen atoms in total. The average Bonchev–Trinajstić information content (AvgIpc) is 3.34. The molecule has 1 aromatic heterocycles. The van der Waals surface area contributed by atoms with Crippen LogP contribution in [0.2, 0.25) is 0 Å². The number of hydrogen-bond donors (Lipinski definition) is 4. The number of ether oxygens (including phenoxy) is 1. The molecule has 0 bridgehead atoms. The van der Waals surface area contributed by atoms with Crippen LogP contribution in [0.3, 0.4) is 0 Å². The number of nitrogens with one attached hydrogen (secondary N) is 2. The van der Waals surface area contributed by atoms with Crippen LogP contribution in [0.25, 0.3) is 0 Å². The minimum atomic E-state index is -4.78. The number of hydrogen-bond acceptors (Lipinski definition) is 7. The number of carboxylic acids is 1. The second-order valence-electron chi connectivity index (χ2n) is 9.20. The van der Waals surface area contributed by atoms with E-state index in [2.05, 4.69) is 20.9 Å². The van der Waals surface area contributed by atoms with Crippen molar-refractivity contribution in [3.63, 3.8) is 0 Å². The Morgan fingerprint density at radius 1 is 1.26 bits per heavy atom. The molecule has 14 heteroatoms. The Labute approximate surface area is 222 Å². The van der Waals surface area contributed by atoms with Crippen molar-refractivity contribution in [3.8, 4) is 0 Å². The molecule has 1 aliphatic rings. The third kappa shape index (κ3) is 7.34. The van der Waals surface area contributed by atoms with E-state index in [0.29, 0.717) is 18.5 Å². The number of nitrogens with zero attached hydrogens (tertiary/aromatic N) is 3. The zero-order valence-corrected chi connectivity index (χ0v) is 21.7. The second-order valence-corrected chi connectivity index (χ2v) is 9.20. The van der Waals surface area contributed by atoms with Crippen LogP contribution in [0.4, 0.5) is 18.9 Å². The zero-order valence-electron chi connectivity index (χ0n) is 21.7. The Morgan fingerprint density at radius 2 is 1.95 bits per heavy atom. The van der Waals surface area contributed by atoms with Crippen molar-refractivity contribution in [2.45, 2.75) is 77.0 Å². The van der Waals surface area contributed by atoms with Gasteiger partial charge in [-0.15, -0.1) is 5.10 Å². The maximum Gasteiger partial charge on any atom is 0.417 e. The highest BCUT2D eigenvalue weighted by atomic mass is 19.4. The van der Waals surface area contributed by atoms with Gasteiger partial charge in [0.05, 0.1) is 48.2 Å². The smallest absolute Gasteiger partial charge is 0.417 e. The Balaban J connectivity index is 1.85. The fourth-order valence-corrected chi connectivity index (χ4v) is 4.45. The number of nitrogens with two attached hydrogens (primary N) is 1. The van der Waals surface area contributed by atoms with Gasteiger partial charge in [-0.1, -0.05) is 19.1 Å². The van der Waals surface area contributed by atoms with E-state index in [1.54, 1.807) is 0 Å². The maximum atomic E-state index is 13.4. The number of carbonyl (C=O) groups excluding carboxylic acids is 2. The third-order valence-corrected chi connectivity index (χ3v) is 6.43. The van der Waals surface area contributed by atoms with Gasteiger partial charge < -0.3 is 26.2 Å². The first-order valence-corrected chi connectivity index (χ1v) is 12.4. The largest absolute Gasteiger partial charge is 0.478 e. The fourth-order valence-electron chi connectivity index (χ4n) is 4.45. The van der Waals surface area contributed by atoms with Crippen LogP contribution in [-0.4, -0.2) is 56.1 Å². The molecule has 0 radical (unpaired) electrons. The van der Waals surface area contributed by atoms with Crippen molar-refractivity contribution >= 4 is 23.5 Å². The molecule has 0 unspecified atom stereocenters. The summed E-state index contributed by atoms with van der Waals surface area (Å²) in [5, 5.41) is 23.5. The number of aromatic nitrogens is 3. The molecule has 0 fully saturated rings. The number of benzene rings is 1. The van der Waals surface area contributed by atoms with Gasteiger partial charge >= 0.3 is 12.1 Å². The van der Waals surface area contributed by atoms with Gasteiger partial charge in [-0.05, 0) is 37.1 Å².